The molecule has 3 heterocycles. The van der Waals surface area contributed by atoms with Crippen LogP contribution in [0.2, 0.25) is 0 Å². The van der Waals surface area contributed by atoms with E-state index in [1.807, 2.05) is 77.7 Å². The molecule has 2 aromatic heterocycles. The van der Waals surface area contributed by atoms with Gasteiger partial charge in [0, 0.05) is 12.1 Å². The van der Waals surface area contributed by atoms with Crippen molar-refractivity contribution in [3.05, 3.63) is 108 Å². The molecule has 1 N–H and O–H groups in total. The minimum atomic E-state index is -0.728. The van der Waals surface area contributed by atoms with Crippen LogP contribution in [0.25, 0.3) is 20.4 Å². The maximum absolute atomic E-state index is 11.3. The molecule has 6 aromatic rings. The number of benzene rings is 4. The molecular formula is C33H27N3O5S2. The third-order valence-corrected chi connectivity index (χ3v) is 8.76. The van der Waals surface area contributed by atoms with Gasteiger partial charge in [0.05, 0.1) is 20.4 Å². The van der Waals surface area contributed by atoms with Crippen LogP contribution in [0, 0.1) is 0 Å². The van der Waals surface area contributed by atoms with Crippen molar-refractivity contribution in [2.45, 2.75) is 25.4 Å². The summed E-state index contributed by atoms with van der Waals surface area (Å²) in [6, 6.07) is 30.2. The van der Waals surface area contributed by atoms with Gasteiger partial charge in [-0.25, -0.2) is 9.97 Å². The van der Waals surface area contributed by atoms with Crippen molar-refractivity contribution in [3.63, 3.8) is 0 Å². The molecule has 0 saturated carbocycles. The molecule has 1 fully saturated rings. The fourth-order valence-electron chi connectivity index (χ4n) is 4.80. The van der Waals surface area contributed by atoms with Gasteiger partial charge in [-0.05, 0) is 85.6 Å². The predicted octanol–water partition coefficient (Wildman–Crippen LogP) is 8.04. The number of carboxylic acids is 1. The largest absolute Gasteiger partial charge is 0.480 e. The Bertz CT molecular complexity index is 1780. The number of aromatic nitrogens is 2. The van der Waals surface area contributed by atoms with Gasteiger partial charge >= 0.3 is 5.97 Å². The van der Waals surface area contributed by atoms with Gasteiger partial charge in [0.25, 0.3) is 10.4 Å². The van der Waals surface area contributed by atoms with Crippen molar-refractivity contribution < 1.29 is 24.2 Å². The highest BCUT2D eigenvalue weighted by Crippen LogP contribution is 2.32. The number of carbonyl (C=O) groups is 2. The van der Waals surface area contributed by atoms with Gasteiger partial charge in [0.2, 0.25) is 0 Å². The molecule has 0 spiro atoms. The van der Waals surface area contributed by atoms with Gasteiger partial charge in [-0.3, -0.25) is 14.5 Å². The van der Waals surface area contributed by atoms with Crippen molar-refractivity contribution in [2.24, 2.45) is 0 Å². The molecule has 10 heteroatoms. The molecule has 1 saturated heterocycles. The number of thiazole rings is 2. The molecule has 1 aliphatic heterocycles. The van der Waals surface area contributed by atoms with Crippen molar-refractivity contribution in [1.82, 2.24) is 14.9 Å². The fourth-order valence-corrected chi connectivity index (χ4v) is 6.47. The van der Waals surface area contributed by atoms with Gasteiger partial charge in [-0.1, -0.05) is 59.1 Å². The van der Waals surface area contributed by atoms with Gasteiger partial charge in [-0.2, -0.15) is 0 Å². The van der Waals surface area contributed by atoms with Crippen LogP contribution in [-0.2, 0) is 11.3 Å². The first kappa shape index (κ1) is 28.5. The van der Waals surface area contributed by atoms with Crippen LogP contribution in [0.4, 0.5) is 0 Å². The maximum atomic E-state index is 11.3. The molecule has 1 atom stereocenters. The standard InChI is InChI=1S/C19H18N2O3S.C14H9NO2S/c22-18(23)16-5-3-11-21(16)12-13-7-9-14(10-8-13)24-19-20-15-4-1-2-6-17(15)25-19;16-9-10-5-7-11(8-6-10)17-14-15-12-3-1-2-4-13(12)18-14/h1-2,4,6-10,16H,3,5,11-12H2,(H,22,23);1-9H. The lowest BCUT2D eigenvalue weighted by atomic mass is 10.2. The van der Waals surface area contributed by atoms with E-state index in [1.54, 1.807) is 24.3 Å². The Morgan fingerprint density at radius 1 is 0.814 bits per heavy atom. The summed E-state index contributed by atoms with van der Waals surface area (Å²) in [4.78, 5) is 32.7. The van der Waals surface area contributed by atoms with Gasteiger partial charge in [0.1, 0.15) is 23.8 Å². The lowest BCUT2D eigenvalue weighted by molar-refractivity contribution is -0.142. The molecule has 0 bridgehead atoms. The number of hydrogen-bond donors (Lipinski definition) is 1. The zero-order chi connectivity index (χ0) is 29.6. The Morgan fingerprint density at radius 3 is 1.86 bits per heavy atom. The zero-order valence-electron chi connectivity index (χ0n) is 23.0. The van der Waals surface area contributed by atoms with E-state index < -0.39 is 5.97 Å². The number of nitrogens with zero attached hydrogens (tertiary/aromatic N) is 3. The molecule has 0 radical (unpaired) electrons. The van der Waals surface area contributed by atoms with Gasteiger partial charge < -0.3 is 14.6 Å². The average molecular weight is 610 g/mol. The highest BCUT2D eigenvalue weighted by molar-refractivity contribution is 7.20. The second kappa shape index (κ2) is 13.1. The van der Waals surface area contributed by atoms with E-state index in [0.717, 1.165) is 57.4 Å². The smallest absolute Gasteiger partial charge is 0.320 e. The molecule has 4 aromatic carbocycles. The maximum Gasteiger partial charge on any atom is 0.320 e. The third-order valence-electron chi connectivity index (χ3n) is 6.93. The SMILES string of the molecule is O=C(O)C1CCCN1Cc1ccc(Oc2nc3ccccc3s2)cc1.O=Cc1ccc(Oc2nc3ccccc3s2)cc1. The first-order valence-corrected chi connectivity index (χ1v) is 15.4. The van der Waals surface area contributed by atoms with Crippen molar-refractivity contribution in [3.8, 4) is 21.9 Å². The number of carbonyl (C=O) groups excluding carboxylic acids is 1. The van der Waals surface area contributed by atoms with Crippen LogP contribution in [-0.4, -0.2) is 44.8 Å². The zero-order valence-corrected chi connectivity index (χ0v) is 24.6. The average Bonchev–Trinajstić information content (AvgIpc) is 3.76. The molecule has 8 nitrogen and oxygen atoms in total. The summed E-state index contributed by atoms with van der Waals surface area (Å²) in [5, 5.41) is 10.5. The van der Waals surface area contributed by atoms with Gasteiger partial charge in [-0.15, -0.1) is 0 Å². The van der Waals surface area contributed by atoms with E-state index in [0.29, 0.717) is 28.2 Å². The molecule has 1 aliphatic rings. The van der Waals surface area contributed by atoms with Crippen molar-refractivity contribution in [2.75, 3.05) is 6.54 Å². The molecule has 43 heavy (non-hydrogen) atoms. The number of fused-ring (bicyclic) bond motifs is 2. The summed E-state index contributed by atoms with van der Waals surface area (Å²) in [7, 11) is 0. The molecule has 7 rings (SSSR count). The second-order valence-electron chi connectivity index (χ2n) is 9.90. The molecular weight excluding hydrogens is 583 g/mol. The van der Waals surface area contributed by atoms with E-state index >= 15 is 0 Å². The highest BCUT2D eigenvalue weighted by Gasteiger charge is 2.30. The molecule has 1 unspecified atom stereocenters. The second-order valence-corrected chi connectivity index (χ2v) is 11.9. The van der Waals surface area contributed by atoms with E-state index in [9.17, 15) is 14.7 Å². The summed E-state index contributed by atoms with van der Waals surface area (Å²) in [6.07, 6.45) is 2.48. The minimum absolute atomic E-state index is 0.362. The van der Waals surface area contributed by atoms with E-state index in [-0.39, 0.29) is 6.04 Å². The van der Waals surface area contributed by atoms with Gasteiger partial charge in [0.15, 0.2) is 0 Å². The summed E-state index contributed by atoms with van der Waals surface area (Å²) < 4.78 is 13.7. The number of ether oxygens (including phenoxy) is 2. The Balaban J connectivity index is 0.000000162. The van der Waals surface area contributed by atoms with E-state index in [2.05, 4.69) is 9.97 Å². The van der Waals surface area contributed by atoms with Crippen molar-refractivity contribution in [1.29, 1.82) is 0 Å². The first-order chi connectivity index (χ1) is 21.0. The van der Waals surface area contributed by atoms with Crippen LogP contribution in [0.5, 0.6) is 21.9 Å². The van der Waals surface area contributed by atoms with Crippen LogP contribution < -0.4 is 9.47 Å². The number of likely N-dealkylation sites (tertiary alicyclic amines) is 1. The molecule has 0 amide bonds. The molecule has 0 aliphatic carbocycles. The monoisotopic (exact) mass is 609 g/mol. The van der Waals surface area contributed by atoms with Crippen LogP contribution >= 0.6 is 22.7 Å². The Morgan fingerprint density at radius 2 is 1.35 bits per heavy atom. The Hall–Kier alpha value is -4.64. The first-order valence-electron chi connectivity index (χ1n) is 13.7. The number of hydrogen-bond acceptors (Lipinski definition) is 9. The Kier molecular flexibility index (Phi) is 8.69. The highest BCUT2D eigenvalue weighted by atomic mass is 32.1. The predicted molar refractivity (Wildman–Crippen MR) is 169 cm³/mol. The van der Waals surface area contributed by atoms with Crippen LogP contribution in [0.15, 0.2) is 97.1 Å². The number of para-hydroxylation sites is 2. The van der Waals surface area contributed by atoms with E-state index in [4.69, 9.17) is 9.47 Å². The Labute approximate surface area is 255 Å². The fraction of sp³-hybridized carbons (Fsp3) is 0.152. The quantitative estimate of drug-likeness (QED) is 0.173. The topological polar surface area (TPSA) is 102 Å². The molecule has 216 valence electrons. The van der Waals surface area contributed by atoms with Crippen LogP contribution in [0.1, 0.15) is 28.8 Å². The summed E-state index contributed by atoms with van der Waals surface area (Å²) in [5.74, 6) is 0.687. The number of carboxylic acid groups (broad SMARTS) is 1. The summed E-state index contributed by atoms with van der Waals surface area (Å²) >= 11 is 3.02. The third kappa shape index (κ3) is 7.06. The van der Waals surface area contributed by atoms with E-state index in [1.165, 1.54) is 22.7 Å². The van der Waals surface area contributed by atoms with Crippen LogP contribution in [0.3, 0.4) is 0 Å². The summed E-state index contributed by atoms with van der Waals surface area (Å²) in [6.45, 7) is 1.49. The lowest BCUT2D eigenvalue weighted by Gasteiger charge is -2.21. The number of aliphatic carboxylic acids is 1. The minimum Gasteiger partial charge on any atom is -0.480 e. The normalized spacial score (nSPS) is 14.7. The number of aldehydes is 1. The number of rotatable bonds is 8. The lowest BCUT2D eigenvalue weighted by Crippen LogP contribution is -2.35. The summed E-state index contributed by atoms with van der Waals surface area (Å²) in [5.41, 5.74) is 3.59. The van der Waals surface area contributed by atoms with Crippen molar-refractivity contribution >= 4 is 55.4 Å².